The van der Waals surface area contributed by atoms with Gasteiger partial charge < -0.3 is 14.4 Å². The van der Waals surface area contributed by atoms with Crippen LogP contribution in [0.2, 0.25) is 5.02 Å². The molecule has 9 heteroatoms. The summed E-state index contributed by atoms with van der Waals surface area (Å²) in [5, 5.41) is 11.7. The molecule has 2 rings (SSSR count). The molecule has 0 unspecified atom stereocenters. The molecule has 0 aliphatic carbocycles. The molecule has 0 radical (unpaired) electrons. The first-order valence-electron chi connectivity index (χ1n) is 7.31. The van der Waals surface area contributed by atoms with Crippen LogP contribution in [-0.4, -0.2) is 31.1 Å². The second-order valence-electron chi connectivity index (χ2n) is 5.16. The number of halogens is 1. The van der Waals surface area contributed by atoms with Gasteiger partial charge in [-0.05, 0) is 30.7 Å². The minimum absolute atomic E-state index is 0.0844. The van der Waals surface area contributed by atoms with Crippen LogP contribution in [0.1, 0.15) is 5.56 Å². The predicted molar refractivity (Wildman–Crippen MR) is 94.7 cm³/mol. The quantitative estimate of drug-likeness (QED) is 0.451. The summed E-state index contributed by atoms with van der Waals surface area (Å²) in [6.45, 7) is 1.60. The molecule has 1 aliphatic rings. The Balaban J connectivity index is 2.84. The van der Waals surface area contributed by atoms with Gasteiger partial charge in [0.15, 0.2) is 0 Å². The number of esters is 2. The number of hydrogen-bond donors (Lipinski definition) is 0. The number of anilines is 1. The van der Waals surface area contributed by atoms with Gasteiger partial charge >= 0.3 is 11.9 Å². The van der Waals surface area contributed by atoms with Gasteiger partial charge in [-0.2, -0.15) is 0 Å². The topological polar surface area (TPSA) is 99.0 Å². The molecule has 0 fully saturated rings. The molecule has 1 heterocycles. The molecule has 0 aromatic heterocycles. The van der Waals surface area contributed by atoms with Gasteiger partial charge in [-0.3, -0.25) is 10.1 Å². The average Bonchev–Trinajstić information content (AvgIpc) is 2.82. The van der Waals surface area contributed by atoms with Crippen molar-refractivity contribution in [1.29, 1.82) is 0 Å². The Bertz CT molecular complexity index is 872. The Hall–Kier alpha value is -3.13. The van der Waals surface area contributed by atoms with Crippen molar-refractivity contribution < 1.29 is 24.0 Å². The predicted octanol–water partition coefficient (Wildman–Crippen LogP) is 3.05. The molecule has 0 saturated carbocycles. The number of rotatable bonds is 4. The number of nitro groups is 1. The van der Waals surface area contributed by atoms with Crippen LogP contribution >= 0.6 is 11.6 Å². The minimum atomic E-state index is -0.856. The van der Waals surface area contributed by atoms with Crippen LogP contribution in [0.15, 0.2) is 47.8 Å². The Kier molecular flexibility index (Phi) is 5.78. The smallest absolute Gasteiger partial charge is 0.355 e. The number of ether oxygens (including phenoxy) is 2. The zero-order valence-corrected chi connectivity index (χ0v) is 14.9. The standard InChI is InChI=1S/C17H15ClN2O6/c1-10-8-11(18)9-13(20(23)24)14(10)19-7-5-4-6-12(16(21)25-2)15(19)17(22)26-3/h4-9H,1-3H3. The highest BCUT2D eigenvalue weighted by Gasteiger charge is 2.32. The molecule has 0 bridgehead atoms. The number of carbonyl (C=O) groups excluding carboxylic acids is 2. The fraction of sp³-hybridized carbons (Fsp3) is 0.176. The van der Waals surface area contributed by atoms with Crippen molar-refractivity contribution >= 4 is 34.9 Å². The molecule has 0 N–H and O–H groups in total. The number of hydrogen-bond acceptors (Lipinski definition) is 7. The van der Waals surface area contributed by atoms with Crippen molar-refractivity contribution in [1.82, 2.24) is 0 Å². The van der Waals surface area contributed by atoms with Gasteiger partial charge in [0.1, 0.15) is 11.4 Å². The van der Waals surface area contributed by atoms with E-state index in [0.29, 0.717) is 5.56 Å². The molecular formula is C17H15ClN2O6. The first kappa shape index (κ1) is 19.2. The van der Waals surface area contributed by atoms with Crippen molar-refractivity contribution in [2.75, 3.05) is 19.1 Å². The average molecular weight is 379 g/mol. The van der Waals surface area contributed by atoms with Crippen LogP contribution in [0.3, 0.4) is 0 Å². The maximum Gasteiger partial charge on any atom is 0.355 e. The van der Waals surface area contributed by atoms with Crippen LogP contribution in [-0.2, 0) is 19.1 Å². The molecule has 0 spiro atoms. The lowest BCUT2D eigenvalue weighted by Crippen LogP contribution is -2.28. The summed E-state index contributed by atoms with van der Waals surface area (Å²) in [5.41, 5.74) is -0.124. The third-order valence-corrected chi connectivity index (χ3v) is 3.79. The second-order valence-corrected chi connectivity index (χ2v) is 5.60. The highest BCUT2D eigenvalue weighted by atomic mass is 35.5. The lowest BCUT2D eigenvalue weighted by Gasteiger charge is -2.24. The molecule has 1 aromatic rings. The van der Waals surface area contributed by atoms with E-state index in [2.05, 4.69) is 0 Å². The van der Waals surface area contributed by atoms with Crippen LogP contribution in [0.25, 0.3) is 0 Å². The number of methoxy groups -OCH3 is 2. The van der Waals surface area contributed by atoms with Crippen LogP contribution in [0.5, 0.6) is 0 Å². The van der Waals surface area contributed by atoms with Crippen molar-refractivity contribution in [3.8, 4) is 0 Å². The Morgan fingerprint density at radius 1 is 1.15 bits per heavy atom. The van der Waals surface area contributed by atoms with Gasteiger partial charge in [-0.1, -0.05) is 17.7 Å². The number of carbonyl (C=O) groups is 2. The molecule has 1 aromatic carbocycles. The highest BCUT2D eigenvalue weighted by Crippen LogP contribution is 2.38. The van der Waals surface area contributed by atoms with E-state index in [4.69, 9.17) is 21.1 Å². The molecule has 8 nitrogen and oxygen atoms in total. The van der Waals surface area contributed by atoms with Crippen molar-refractivity contribution in [2.45, 2.75) is 6.92 Å². The first-order chi connectivity index (χ1) is 12.3. The zero-order chi connectivity index (χ0) is 19.4. The van der Waals surface area contributed by atoms with Gasteiger partial charge in [-0.25, -0.2) is 9.59 Å². The summed E-state index contributed by atoms with van der Waals surface area (Å²) in [5.74, 6) is -1.64. The van der Waals surface area contributed by atoms with E-state index in [-0.39, 0.29) is 27.7 Å². The fourth-order valence-corrected chi connectivity index (χ4v) is 2.77. The lowest BCUT2D eigenvalue weighted by atomic mass is 10.1. The monoisotopic (exact) mass is 378 g/mol. The third kappa shape index (κ3) is 3.60. The summed E-state index contributed by atoms with van der Waals surface area (Å²) >= 11 is 5.93. The summed E-state index contributed by atoms with van der Waals surface area (Å²) in [6.07, 6.45) is 5.82. The molecule has 1 aliphatic heterocycles. The number of nitro benzene ring substituents is 1. The zero-order valence-electron chi connectivity index (χ0n) is 14.2. The molecule has 0 atom stereocenters. The van der Waals surface area contributed by atoms with Gasteiger partial charge in [-0.15, -0.1) is 0 Å². The van der Waals surface area contributed by atoms with E-state index >= 15 is 0 Å². The lowest BCUT2D eigenvalue weighted by molar-refractivity contribution is -0.384. The maximum atomic E-state index is 12.4. The number of allylic oxidation sites excluding steroid dienone is 2. The maximum absolute atomic E-state index is 12.4. The summed E-state index contributed by atoms with van der Waals surface area (Å²) in [4.78, 5) is 36.7. The van der Waals surface area contributed by atoms with E-state index < -0.39 is 16.9 Å². The van der Waals surface area contributed by atoms with Gasteiger partial charge in [0.25, 0.3) is 5.69 Å². The third-order valence-electron chi connectivity index (χ3n) is 3.57. The Morgan fingerprint density at radius 2 is 1.81 bits per heavy atom. The van der Waals surface area contributed by atoms with E-state index in [1.54, 1.807) is 6.92 Å². The van der Waals surface area contributed by atoms with Gasteiger partial charge in [0.2, 0.25) is 0 Å². The molecule has 26 heavy (non-hydrogen) atoms. The largest absolute Gasteiger partial charge is 0.465 e. The van der Waals surface area contributed by atoms with E-state index in [9.17, 15) is 19.7 Å². The minimum Gasteiger partial charge on any atom is -0.465 e. The van der Waals surface area contributed by atoms with E-state index in [1.807, 2.05) is 0 Å². The van der Waals surface area contributed by atoms with Gasteiger partial charge in [0.05, 0.1) is 24.7 Å². The fourth-order valence-electron chi connectivity index (χ4n) is 2.51. The first-order valence-corrected chi connectivity index (χ1v) is 7.69. The molecule has 136 valence electrons. The summed E-state index contributed by atoms with van der Waals surface area (Å²) in [7, 11) is 2.31. The number of nitrogens with zero attached hydrogens (tertiary/aromatic N) is 2. The van der Waals surface area contributed by atoms with Crippen LogP contribution in [0.4, 0.5) is 11.4 Å². The highest BCUT2D eigenvalue weighted by molar-refractivity contribution is 6.31. The molecule has 0 amide bonds. The van der Waals surface area contributed by atoms with E-state index in [0.717, 1.165) is 14.2 Å². The second kappa shape index (κ2) is 7.83. The van der Waals surface area contributed by atoms with Crippen molar-refractivity contribution in [2.24, 2.45) is 0 Å². The summed E-state index contributed by atoms with van der Waals surface area (Å²) in [6, 6.07) is 2.69. The molecular weight excluding hydrogens is 364 g/mol. The Labute approximate surface area is 154 Å². The Morgan fingerprint density at radius 3 is 2.38 bits per heavy atom. The van der Waals surface area contributed by atoms with Crippen LogP contribution < -0.4 is 4.90 Å². The van der Waals surface area contributed by atoms with E-state index in [1.165, 1.54) is 41.5 Å². The van der Waals surface area contributed by atoms with Crippen LogP contribution in [0, 0.1) is 17.0 Å². The summed E-state index contributed by atoms with van der Waals surface area (Å²) < 4.78 is 9.49. The van der Waals surface area contributed by atoms with Gasteiger partial charge in [0, 0.05) is 17.3 Å². The normalized spacial score (nSPS) is 13.5. The number of benzene rings is 1. The van der Waals surface area contributed by atoms with Crippen molar-refractivity contribution in [3.05, 3.63) is 68.5 Å². The SMILES string of the molecule is COC(=O)C1=C(C(=O)OC)N(c2c(C)cc(Cl)cc2[N+](=O)[O-])C=CC=C1. The molecule has 0 saturated heterocycles. The number of aryl methyl sites for hydroxylation is 1. The van der Waals surface area contributed by atoms with Crippen molar-refractivity contribution in [3.63, 3.8) is 0 Å².